The Kier molecular flexibility index (Phi) is 8.44. The van der Waals surface area contributed by atoms with Gasteiger partial charge >= 0.3 is 6.09 Å². The van der Waals surface area contributed by atoms with Crippen LogP contribution in [0.4, 0.5) is 4.79 Å². The number of carbonyl (C=O) groups excluding carboxylic acids is 1. The first-order valence-corrected chi connectivity index (χ1v) is 9.83. The number of guanidine groups is 1. The third-order valence-corrected chi connectivity index (χ3v) is 4.25. The number of nitrogens with one attached hydrogen (secondary N) is 2. The van der Waals surface area contributed by atoms with Crippen LogP contribution < -0.4 is 10.6 Å². The lowest BCUT2D eigenvalue weighted by Gasteiger charge is -2.40. The molecule has 2 N–H and O–H groups in total. The fourth-order valence-electron chi connectivity index (χ4n) is 2.88. The van der Waals surface area contributed by atoms with Gasteiger partial charge in [-0.25, -0.2) is 9.79 Å². The zero-order chi connectivity index (χ0) is 20.9. The summed E-state index contributed by atoms with van der Waals surface area (Å²) in [5.74, 6) is 1.43. The predicted molar refractivity (Wildman–Crippen MR) is 126 cm³/mol. The number of aliphatic imine (C=N–C) groups is 1. The Morgan fingerprint density at radius 3 is 2.60 bits per heavy atom. The maximum Gasteiger partial charge on any atom is 0.410 e. The molecule has 1 aromatic heterocycles. The summed E-state index contributed by atoms with van der Waals surface area (Å²) in [5, 5.41) is 14.8. The molecule has 1 saturated heterocycles. The SMILES string of the molecule is CCNC(=NCc1nncn1-c1ccccc1)NC1CN(C(=O)OC(C)(C)C)C1.I. The van der Waals surface area contributed by atoms with Crippen LogP contribution in [0, 0.1) is 0 Å². The van der Waals surface area contributed by atoms with E-state index in [0.717, 1.165) is 18.1 Å². The smallest absolute Gasteiger partial charge is 0.410 e. The van der Waals surface area contributed by atoms with Crippen LogP contribution in [0.5, 0.6) is 0 Å². The molecule has 0 atom stereocenters. The summed E-state index contributed by atoms with van der Waals surface area (Å²) in [5.41, 5.74) is 0.508. The molecule has 1 aliphatic heterocycles. The standard InChI is InChI=1S/C20H29N7O2.HI/c1-5-21-18(24-15-12-26(13-15)19(28)29-20(2,3)4)22-11-17-25-23-14-27(17)16-9-7-6-8-10-16;/h6-10,14-15H,5,11-13H2,1-4H3,(H2,21,22,24);1H. The maximum absolute atomic E-state index is 12.1. The number of ether oxygens (including phenoxy) is 1. The van der Waals surface area contributed by atoms with Crippen LogP contribution in [-0.2, 0) is 11.3 Å². The van der Waals surface area contributed by atoms with Crippen molar-refractivity contribution in [2.45, 2.75) is 45.9 Å². The molecular formula is C20H30IN7O2. The van der Waals surface area contributed by atoms with Crippen molar-refractivity contribution in [1.82, 2.24) is 30.3 Å². The summed E-state index contributed by atoms with van der Waals surface area (Å²) in [6.07, 6.45) is 1.40. The van der Waals surface area contributed by atoms with E-state index in [1.165, 1.54) is 0 Å². The summed E-state index contributed by atoms with van der Waals surface area (Å²) >= 11 is 0. The van der Waals surface area contributed by atoms with Gasteiger partial charge in [-0.15, -0.1) is 34.2 Å². The minimum absolute atomic E-state index is 0. The molecular weight excluding hydrogens is 497 g/mol. The van der Waals surface area contributed by atoms with Gasteiger partial charge in [0, 0.05) is 25.3 Å². The quantitative estimate of drug-likeness (QED) is 0.353. The number of aromatic nitrogens is 3. The van der Waals surface area contributed by atoms with Gasteiger partial charge in [0.2, 0.25) is 0 Å². The number of benzene rings is 1. The molecule has 0 radical (unpaired) electrons. The van der Waals surface area contributed by atoms with Gasteiger partial charge in [0.25, 0.3) is 0 Å². The summed E-state index contributed by atoms with van der Waals surface area (Å²) in [4.78, 5) is 18.4. The van der Waals surface area contributed by atoms with Crippen LogP contribution in [0.1, 0.15) is 33.5 Å². The maximum atomic E-state index is 12.1. The first kappa shape index (κ1) is 23.9. The largest absolute Gasteiger partial charge is 0.444 e. The topological polar surface area (TPSA) is 96.7 Å². The molecule has 2 aromatic rings. The average Bonchev–Trinajstić information content (AvgIpc) is 3.10. The second-order valence-electron chi connectivity index (χ2n) is 7.87. The molecule has 1 fully saturated rings. The lowest BCUT2D eigenvalue weighted by Crippen LogP contribution is -2.63. The molecule has 1 aliphatic rings. The summed E-state index contributed by atoms with van der Waals surface area (Å²) in [6.45, 7) is 9.89. The molecule has 0 saturated carbocycles. The van der Waals surface area contributed by atoms with Crippen molar-refractivity contribution in [3.63, 3.8) is 0 Å². The van der Waals surface area contributed by atoms with E-state index in [4.69, 9.17) is 4.74 Å². The van der Waals surface area contributed by atoms with Gasteiger partial charge in [0.05, 0.1) is 6.04 Å². The highest BCUT2D eigenvalue weighted by Crippen LogP contribution is 2.15. The molecule has 1 aromatic carbocycles. The van der Waals surface area contributed by atoms with E-state index < -0.39 is 5.60 Å². The zero-order valence-corrected chi connectivity index (χ0v) is 20.2. The van der Waals surface area contributed by atoms with Crippen molar-refractivity contribution in [3.05, 3.63) is 42.5 Å². The van der Waals surface area contributed by atoms with Gasteiger partial charge in [-0.05, 0) is 39.8 Å². The normalized spacial score (nSPS) is 14.5. The van der Waals surface area contributed by atoms with E-state index in [1.807, 2.05) is 62.6 Å². The van der Waals surface area contributed by atoms with Crippen LogP contribution in [0.2, 0.25) is 0 Å². The number of carbonyl (C=O) groups is 1. The first-order valence-electron chi connectivity index (χ1n) is 9.83. The van der Waals surface area contributed by atoms with Crippen molar-refractivity contribution in [2.24, 2.45) is 4.99 Å². The summed E-state index contributed by atoms with van der Waals surface area (Å²) < 4.78 is 7.31. The third-order valence-electron chi connectivity index (χ3n) is 4.25. The second-order valence-corrected chi connectivity index (χ2v) is 7.87. The van der Waals surface area contributed by atoms with E-state index in [0.29, 0.717) is 25.6 Å². The molecule has 0 bridgehead atoms. The predicted octanol–water partition coefficient (Wildman–Crippen LogP) is 2.56. The molecule has 1 amide bonds. The molecule has 10 heteroatoms. The minimum atomic E-state index is -0.485. The Hall–Kier alpha value is -2.37. The van der Waals surface area contributed by atoms with E-state index in [1.54, 1.807) is 11.2 Å². The highest BCUT2D eigenvalue weighted by atomic mass is 127. The fraction of sp³-hybridized carbons (Fsp3) is 0.500. The lowest BCUT2D eigenvalue weighted by molar-refractivity contribution is 0.00701. The number of hydrogen-bond acceptors (Lipinski definition) is 5. The minimum Gasteiger partial charge on any atom is -0.444 e. The molecule has 30 heavy (non-hydrogen) atoms. The second kappa shape index (κ2) is 10.6. The zero-order valence-electron chi connectivity index (χ0n) is 17.8. The highest BCUT2D eigenvalue weighted by molar-refractivity contribution is 14.0. The van der Waals surface area contributed by atoms with E-state index in [9.17, 15) is 4.79 Å². The molecule has 2 heterocycles. The number of rotatable bonds is 5. The number of para-hydroxylation sites is 1. The van der Waals surface area contributed by atoms with Crippen molar-refractivity contribution in [2.75, 3.05) is 19.6 Å². The van der Waals surface area contributed by atoms with Crippen LogP contribution in [0.25, 0.3) is 5.69 Å². The van der Waals surface area contributed by atoms with Gasteiger partial charge in [-0.3, -0.25) is 4.57 Å². The number of nitrogens with zero attached hydrogens (tertiary/aromatic N) is 5. The Morgan fingerprint density at radius 2 is 1.97 bits per heavy atom. The van der Waals surface area contributed by atoms with Crippen molar-refractivity contribution < 1.29 is 9.53 Å². The van der Waals surface area contributed by atoms with E-state index >= 15 is 0 Å². The Balaban J connectivity index is 0.00000320. The van der Waals surface area contributed by atoms with Gasteiger partial charge in [0.1, 0.15) is 18.5 Å². The molecule has 9 nitrogen and oxygen atoms in total. The Labute approximate surface area is 194 Å². The van der Waals surface area contributed by atoms with Gasteiger partial charge in [-0.2, -0.15) is 0 Å². The molecule has 0 aliphatic carbocycles. The summed E-state index contributed by atoms with van der Waals surface area (Å²) in [6, 6.07) is 10.0. The van der Waals surface area contributed by atoms with E-state index in [-0.39, 0.29) is 36.1 Å². The van der Waals surface area contributed by atoms with Gasteiger partial charge in [0.15, 0.2) is 11.8 Å². The monoisotopic (exact) mass is 527 g/mol. The molecule has 164 valence electrons. The van der Waals surface area contributed by atoms with Crippen LogP contribution >= 0.6 is 24.0 Å². The van der Waals surface area contributed by atoms with Gasteiger partial charge in [-0.1, -0.05) is 18.2 Å². The number of amides is 1. The molecule has 3 rings (SSSR count). The molecule has 0 unspecified atom stereocenters. The van der Waals surface area contributed by atoms with Crippen LogP contribution in [0.3, 0.4) is 0 Å². The van der Waals surface area contributed by atoms with E-state index in [2.05, 4.69) is 25.8 Å². The Morgan fingerprint density at radius 1 is 1.27 bits per heavy atom. The first-order chi connectivity index (χ1) is 13.9. The lowest BCUT2D eigenvalue weighted by atomic mass is 10.1. The van der Waals surface area contributed by atoms with Crippen LogP contribution in [-0.4, -0.2) is 63.0 Å². The van der Waals surface area contributed by atoms with Crippen LogP contribution in [0.15, 0.2) is 41.7 Å². The van der Waals surface area contributed by atoms with Crippen molar-refractivity contribution in [1.29, 1.82) is 0 Å². The Bertz CT molecular complexity index is 842. The van der Waals surface area contributed by atoms with Crippen molar-refractivity contribution in [3.8, 4) is 5.69 Å². The molecule has 0 spiro atoms. The number of halogens is 1. The van der Waals surface area contributed by atoms with Gasteiger partial charge < -0.3 is 20.3 Å². The number of hydrogen-bond donors (Lipinski definition) is 2. The average molecular weight is 527 g/mol. The summed E-state index contributed by atoms with van der Waals surface area (Å²) in [7, 11) is 0. The third kappa shape index (κ3) is 6.57. The highest BCUT2D eigenvalue weighted by Gasteiger charge is 2.34. The number of likely N-dealkylation sites (tertiary alicyclic amines) is 1. The fourth-order valence-corrected chi connectivity index (χ4v) is 2.88. The van der Waals surface area contributed by atoms with Crippen molar-refractivity contribution >= 4 is 36.0 Å².